The number of rotatable bonds is 5. The third-order valence-corrected chi connectivity index (χ3v) is 3.05. The Morgan fingerprint density at radius 1 is 0.955 bits per heavy atom. The maximum atomic E-state index is 14.3. The number of hydrogen-bond acceptors (Lipinski definition) is 2. The van der Waals surface area contributed by atoms with E-state index in [9.17, 15) is 18.4 Å². The summed E-state index contributed by atoms with van der Waals surface area (Å²) in [5.41, 5.74) is -0.263. The van der Waals surface area contributed by atoms with Gasteiger partial charge < -0.3 is 10.4 Å². The van der Waals surface area contributed by atoms with Crippen molar-refractivity contribution in [2.75, 3.05) is 6.54 Å². The Hall–Kier alpha value is -2.76. The summed E-state index contributed by atoms with van der Waals surface area (Å²) < 4.78 is 28.6. The molecule has 2 aromatic rings. The molecule has 0 bridgehead atoms. The lowest BCUT2D eigenvalue weighted by atomic mass is 9.99. The van der Waals surface area contributed by atoms with E-state index in [1.54, 1.807) is 6.07 Å². The number of carbonyl (C=O) groups is 2. The van der Waals surface area contributed by atoms with Crippen molar-refractivity contribution in [1.29, 1.82) is 0 Å². The first kappa shape index (κ1) is 15.6. The second kappa shape index (κ2) is 6.34. The van der Waals surface area contributed by atoms with Crippen molar-refractivity contribution in [2.45, 2.75) is 5.92 Å². The van der Waals surface area contributed by atoms with Crippen LogP contribution in [0.15, 0.2) is 54.6 Å². The van der Waals surface area contributed by atoms with E-state index in [2.05, 4.69) is 5.32 Å². The smallest absolute Gasteiger partial charge is 0.322 e. The largest absolute Gasteiger partial charge is 0.480 e. The van der Waals surface area contributed by atoms with Crippen LogP contribution >= 0.6 is 0 Å². The lowest BCUT2D eigenvalue weighted by Crippen LogP contribution is -2.29. The van der Waals surface area contributed by atoms with Crippen LogP contribution in [0.25, 0.3) is 0 Å². The topological polar surface area (TPSA) is 66.4 Å². The highest BCUT2D eigenvalue weighted by molar-refractivity contribution is 5.95. The molecule has 2 N–H and O–H groups in total. The van der Waals surface area contributed by atoms with Crippen molar-refractivity contribution in [3.05, 3.63) is 71.3 Å². The molecule has 0 aliphatic carbocycles. The predicted octanol–water partition coefficient (Wildman–Crippen LogP) is 2.64. The average Bonchev–Trinajstić information content (AvgIpc) is 2.53. The Labute approximate surface area is 125 Å². The summed E-state index contributed by atoms with van der Waals surface area (Å²) in [6.45, 7) is -0.527. The first-order valence-electron chi connectivity index (χ1n) is 6.45. The first-order valence-corrected chi connectivity index (χ1v) is 6.45. The van der Waals surface area contributed by atoms with Crippen LogP contribution in [0.1, 0.15) is 21.5 Å². The van der Waals surface area contributed by atoms with Gasteiger partial charge in [0.2, 0.25) is 0 Å². The van der Waals surface area contributed by atoms with Crippen molar-refractivity contribution in [2.24, 2.45) is 0 Å². The molecular formula is C16H13F2NO3. The molecule has 0 aliphatic rings. The Balaban J connectivity index is 2.18. The van der Waals surface area contributed by atoms with E-state index in [-0.39, 0.29) is 16.7 Å². The molecule has 4 nitrogen and oxygen atoms in total. The summed E-state index contributed by atoms with van der Waals surface area (Å²) in [6.07, 6.45) is 0. The van der Waals surface area contributed by atoms with Crippen LogP contribution in [0.3, 0.4) is 0 Å². The molecule has 22 heavy (non-hydrogen) atoms. The van der Waals surface area contributed by atoms with Gasteiger partial charge in [0.25, 0.3) is 11.8 Å². The van der Waals surface area contributed by atoms with Gasteiger partial charge in [-0.3, -0.25) is 9.59 Å². The number of carboxylic acid groups (broad SMARTS) is 1. The van der Waals surface area contributed by atoms with Crippen LogP contribution in [0.2, 0.25) is 0 Å². The van der Waals surface area contributed by atoms with Gasteiger partial charge in [0, 0.05) is 16.7 Å². The van der Waals surface area contributed by atoms with E-state index in [0.29, 0.717) is 0 Å². The van der Waals surface area contributed by atoms with Crippen LogP contribution in [0, 0.1) is 0 Å². The van der Waals surface area contributed by atoms with Gasteiger partial charge >= 0.3 is 5.97 Å². The van der Waals surface area contributed by atoms with E-state index < -0.39 is 24.3 Å². The predicted molar refractivity (Wildman–Crippen MR) is 75.8 cm³/mol. The second-order valence-corrected chi connectivity index (χ2v) is 4.59. The number of amides is 1. The molecule has 0 aromatic heterocycles. The first-order chi connectivity index (χ1) is 10.4. The number of hydrogen-bond donors (Lipinski definition) is 2. The van der Waals surface area contributed by atoms with Crippen LogP contribution in [0.5, 0.6) is 0 Å². The molecule has 6 heteroatoms. The van der Waals surface area contributed by atoms with Gasteiger partial charge in [-0.2, -0.15) is 8.78 Å². The molecule has 0 aliphatic heterocycles. The molecular weight excluding hydrogens is 292 g/mol. The standard InChI is InChI=1S/C16H13F2NO3/c17-16(18,12-4-2-1-3-5-12)13-8-6-11(7-9-13)15(22)19-10-14(20)21/h1-9H,10H2,(H,19,22)(H,20,21). The minimum absolute atomic E-state index is 0.119. The lowest BCUT2D eigenvalue weighted by molar-refractivity contribution is -0.135. The van der Waals surface area contributed by atoms with Crippen molar-refractivity contribution in [3.63, 3.8) is 0 Å². The van der Waals surface area contributed by atoms with Crippen LogP contribution in [-0.4, -0.2) is 23.5 Å². The summed E-state index contributed by atoms with van der Waals surface area (Å²) in [4.78, 5) is 22.0. The molecule has 0 radical (unpaired) electrons. The van der Waals surface area contributed by atoms with Gasteiger partial charge in [0.05, 0.1) is 0 Å². The molecule has 0 saturated heterocycles. The SMILES string of the molecule is O=C(O)CNC(=O)c1ccc(C(F)(F)c2ccccc2)cc1. The summed E-state index contributed by atoms with van der Waals surface area (Å²) in [6, 6.07) is 12.1. The van der Waals surface area contributed by atoms with Crippen LogP contribution in [-0.2, 0) is 10.7 Å². The highest BCUT2D eigenvalue weighted by Crippen LogP contribution is 2.35. The normalized spacial score (nSPS) is 11.0. The monoisotopic (exact) mass is 305 g/mol. The van der Waals surface area contributed by atoms with Gasteiger partial charge in [0.1, 0.15) is 6.54 Å². The summed E-state index contributed by atoms with van der Waals surface area (Å²) in [5.74, 6) is -4.98. The van der Waals surface area contributed by atoms with Gasteiger partial charge in [-0.1, -0.05) is 42.5 Å². The molecule has 1 amide bonds. The second-order valence-electron chi connectivity index (χ2n) is 4.59. The lowest BCUT2D eigenvalue weighted by Gasteiger charge is -2.17. The fourth-order valence-electron chi connectivity index (χ4n) is 1.90. The maximum absolute atomic E-state index is 14.3. The molecule has 2 rings (SSSR count). The Morgan fingerprint density at radius 3 is 2.05 bits per heavy atom. The van der Waals surface area contributed by atoms with Gasteiger partial charge in [0.15, 0.2) is 0 Å². The number of aliphatic carboxylic acids is 1. The summed E-state index contributed by atoms with van der Waals surface area (Å²) >= 11 is 0. The van der Waals surface area contributed by atoms with Gasteiger partial charge in [-0.25, -0.2) is 0 Å². The highest BCUT2D eigenvalue weighted by atomic mass is 19.3. The number of carbonyl (C=O) groups excluding carboxylic acids is 1. The van der Waals surface area contributed by atoms with Crippen molar-refractivity contribution >= 4 is 11.9 Å². The van der Waals surface area contributed by atoms with Gasteiger partial charge in [-0.15, -0.1) is 0 Å². The maximum Gasteiger partial charge on any atom is 0.322 e. The molecule has 114 valence electrons. The molecule has 0 atom stereocenters. The zero-order valence-electron chi connectivity index (χ0n) is 11.4. The van der Waals surface area contributed by atoms with Crippen LogP contribution in [0.4, 0.5) is 8.78 Å². The Morgan fingerprint density at radius 2 is 1.50 bits per heavy atom. The van der Waals surface area contributed by atoms with Crippen molar-refractivity contribution in [1.82, 2.24) is 5.32 Å². The Kier molecular flexibility index (Phi) is 4.50. The molecule has 0 heterocycles. The summed E-state index contributed by atoms with van der Waals surface area (Å²) in [5, 5.41) is 10.6. The van der Waals surface area contributed by atoms with Crippen LogP contribution < -0.4 is 5.32 Å². The number of alkyl halides is 2. The van der Waals surface area contributed by atoms with Crippen molar-refractivity contribution in [3.8, 4) is 0 Å². The number of carboxylic acids is 1. The Bertz CT molecular complexity index is 670. The fraction of sp³-hybridized carbons (Fsp3) is 0.125. The van der Waals surface area contributed by atoms with Gasteiger partial charge in [-0.05, 0) is 12.1 Å². The van der Waals surface area contributed by atoms with E-state index in [1.807, 2.05) is 0 Å². The molecule has 2 aromatic carbocycles. The highest BCUT2D eigenvalue weighted by Gasteiger charge is 2.33. The number of nitrogens with one attached hydrogen (secondary N) is 1. The average molecular weight is 305 g/mol. The van der Waals surface area contributed by atoms with E-state index in [4.69, 9.17) is 5.11 Å². The van der Waals surface area contributed by atoms with Crippen molar-refractivity contribution < 1.29 is 23.5 Å². The molecule has 0 unspecified atom stereocenters. The third-order valence-electron chi connectivity index (χ3n) is 3.05. The zero-order valence-corrected chi connectivity index (χ0v) is 11.4. The van der Waals surface area contributed by atoms with E-state index in [0.717, 1.165) is 12.1 Å². The van der Waals surface area contributed by atoms with E-state index in [1.165, 1.54) is 36.4 Å². The third kappa shape index (κ3) is 3.46. The zero-order chi connectivity index (χ0) is 16.2. The minimum atomic E-state index is -3.17. The molecule has 0 fully saturated rings. The quantitative estimate of drug-likeness (QED) is 0.892. The van der Waals surface area contributed by atoms with E-state index >= 15 is 0 Å². The molecule has 0 spiro atoms. The number of halogens is 2. The molecule has 0 saturated carbocycles. The minimum Gasteiger partial charge on any atom is -0.480 e. The fourth-order valence-corrected chi connectivity index (χ4v) is 1.90. The summed E-state index contributed by atoms with van der Waals surface area (Å²) in [7, 11) is 0. The number of benzene rings is 2.